The molecule has 4 atom stereocenters. The molecule has 32 heavy (non-hydrogen) atoms. The van der Waals surface area contributed by atoms with Crippen molar-refractivity contribution < 1.29 is 14.3 Å². The number of rotatable bonds is 5. The standard InChI is InChI=1S/C25H27N3O3S/c1-15(29)26-17-12-18-6-7-19(13-17)28(18)14-21-11-16-10-20(8-9-23(16)30-21)31-25-27-22-4-2-3-5-24(22)32-25/h2-5,8-10,17-19,21H,6-7,11-14H2,1H3,(H,26,29)/t17?,18-,19+,21?. The van der Waals surface area contributed by atoms with E-state index in [0.717, 1.165) is 47.5 Å². The van der Waals surface area contributed by atoms with Crippen LogP contribution in [0.15, 0.2) is 42.5 Å². The Morgan fingerprint density at radius 1 is 1.22 bits per heavy atom. The maximum absolute atomic E-state index is 11.5. The number of nitrogens with zero attached hydrogens (tertiary/aromatic N) is 2. The Balaban J connectivity index is 1.10. The summed E-state index contributed by atoms with van der Waals surface area (Å²) >= 11 is 1.56. The second-order valence-electron chi connectivity index (χ2n) is 9.21. The van der Waals surface area contributed by atoms with Gasteiger partial charge in [-0.1, -0.05) is 23.5 Å². The summed E-state index contributed by atoms with van der Waals surface area (Å²) in [5.41, 5.74) is 2.17. The minimum Gasteiger partial charge on any atom is -0.488 e. The number of benzene rings is 2. The van der Waals surface area contributed by atoms with Gasteiger partial charge in [0, 0.05) is 43.6 Å². The number of nitrogens with one attached hydrogen (secondary N) is 1. The fourth-order valence-corrected chi connectivity index (χ4v) is 6.51. The highest BCUT2D eigenvalue weighted by atomic mass is 32.1. The number of aromatic nitrogens is 1. The van der Waals surface area contributed by atoms with Crippen molar-refractivity contribution in [3.8, 4) is 16.7 Å². The summed E-state index contributed by atoms with van der Waals surface area (Å²) < 4.78 is 13.5. The van der Waals surface area contributed by atoms with Crippen molar-refractivity contribution in [2.45, 2.75) is 63.3 Å². The molecule has 0 aliphatic carbocycles. The third kappa shape index (κ3) is 3.84. The van der Waals surface area contributed by atoms with E-state index in [1.165, 1.54) is 18.4 Å². The topological polar surface area (TPSA) is 63.7 Å². The summed E-state index contributed by atoms with van der Waals surface area (Å²) in [6.07, 6.45) is 5.62. The van der Waals surface area contributed by atoms with Crippen molar-refractivity contribution >= 4 is 27.5 Å². The van der Waals surface area contributed by atoms with Crippen molar-refractivity contribution in [3.05, 3.63) is 48.0 Å². The van der Waals surface area contributed by atoms with E-state index in [4.69, 9.17) is 9.47 Å². The van der Waals surface area contributed by atoms with Gasteiger partial charge < -0.3 is 14.8 Å². The van der Waals surface area contributed by atoms with Crippen LogP contribution >= 0.6 is 11.3 Å². The first-order chi connectivity index (χ1) is 15.6. The first-order valence-corrected chi connectivity index (χ1v) is 12.3. The number of fused-ring (bicyclic) bond motifs is 4. The minimum atomic E-state index is 0.0845. The molecular weight excluding hydrogens is 422 g/mol. The van der Waals surface area contributed by atoms with E-state index in [2.05, 4.69) is 27.3 Å². The Bertz CT molecular complexity index is 1120. The molecule has 2 unspecified atom stereocenters. The van der Waals surface area contributed by atoms with Crippen molar-refractivity contribution in [1.82, 2.24) is 15.2 Å². The largest absolute Gasteiger partial charge is 0.488 e. The average molecular weight is 450 g/mol. The lowest BCUT2D eigenvalue weighted by molar-refractivity contribution is -0.120. The molecule has 3 aromatic rings. The smallest absolute Gasteiger partial charge is 0.279 e. The van der Waals surface area contributed by atoms with Gasteiger partial charge in [-0.05, 0) is 56.0 Å². The molecule has 7 heteroatoms. The predicted molar refractivity (Wildman–Crippen MR) is 125 cm³/mol. The minimum absolute atomic E-state index is 0.0845. The quantitative estimate of drug-likeness (QED) is 0.620. The molecule has 0 saturated carbocycles. The zero-order valence-electron chi connectivity index (χ0n) is 18.1. The summed E-state index contributed by atoms with van der Waals surface area (Å²) in [4.78, 5) is 18.7. The van der Waals surface area contributed by atoms with Crippen molar-refractivity contribution in [2.24, 2.45) is 0 Å². The molecule has 3 aliphatic rings. The normalized spacial score (nSPS) is 26.7. The number of carbonyl (C=O) groups is 1. The summed E-state index contributed by atoms with van der Waals surface area (Å²) in [6, 6.07) is 15.6. The van der Waals surface area contributed by atoms with Gasteiger partial charge in [0.25, 0.3) is 5.19 Å². The number of hydrogen-bond acceptors (Lipinski definition) is 6. The van der Waals surface area contributed by atoms with Gasteiger partial charge in [-0.15, -0.1) is 0 Å². The zero-order chi connectivity index (χ0) is 21.7. The predicted octanol–water partition coefficient (Wildman–Crippen LogP) is 4.52. The fraction of sp³-hybridized carbons (Fsp3) is 0.440. The summed E-state index contributed by atoms with van der Waals surface area (Å²) in [6.45, 7) is 2.57. The molecule has 4 heterocycles. The van der Waals surface area contributed by atoms with E-state index in [0.29, 0.717) is 23.3 Å². The summed E-state index contributed by atoms with van der Waals surface area (Å²) in [5.74, 6) is 1.86. The first-order valence-electron chi connectivity index (χ1n) is 11.5. The number of ether oxygens (including phenoxy) is 2. The third-order valence-electron chi connectivity index (χ3n) is 6.96. The van der Waals surface area contributed by atoms with Gasteiger partial charge in [-0.3, -0.25) is 9.69 Å². The first kappa shape index (κ1) is 20.0. The molecule has 2 saturated heterocycles. The van der Waals surface area contributed by atoms with Crippen LogP contribution in [0.2, 0.25) is 0 Å². The van der Waals surface area contributed by atoms with Crippen molar-refractivity contribution in [3.63, 3.8) is 0 Å². The summed E-state index contributed by atoms with van der Waals surface area (Å²) in [5, 5.41) is 3.80. The van der Waals surface area contributed by atoms with Crippen LogP contribution in [0.25, 0.3) is 10.2 Å². The number of hydrogen-bond donors (Lipinski definition) is 1. The van der Waals surface area contributed by atoms with Gasteiger partial charge in [0.15, 0.2) is 0 Å². The van der Waals surface area contributed by atoms with E-state index in [1.54, 1.807) is 18.3 Å². The number of piperidine rings is 1. The lowest BCUT2D eigenvalue weighted by atomic mass is 9.96. The van der Waals surface area contributed by atoms with Gasteiger partial charge >= 0.3 is 0 Å². The van der Waals surface area contributed by atoms with Gasteiger partial charge in [0.2, 0.25) is 5.91 Å². The van der Waals surface area contributed by atoms with E-state index < -0.39 is 0 Å². The van der Waals surface area contributed by atoms with Gasteiger partial charge in [0.1, 0.15) is 17.6 Å². The Labute approximate surface area is 191 Å². The Kier molecular flexibility index (Phi) is 5.03. The fourth-order valence-electron chi connectivity index (χ4n) is 5.67. The third-order valence-corrected chi connectivity index (χ3v) is 7.87. The molecule has 1 N–H and O–H groups in total. The van der Waals surface area contributed by atoms with E-state index in [1.807, 2.05) is 30.3 Å². The number of amides is 1. The molecule has 0 radical (unpaired) electrons. The number of para-hydroxylation sites is 1. The number of carbonyl (C=O) groups excluding carboxylic acids is 1. The second-order valence-corrected chi connectivity index (χ2v) is 10.2. The van der Waals surface area contributed by atoms with Crippen LogP contribution in [0.4, 0.5) is 0 Å². The van der Waals surface area contributed by atoms with Crippen molar-refractivity contribution in [2.75, 3.05) is 6.54 Å². The molecule has 6 nitrogen and oxygen atoms in total. The van der Waals surface area contributed by atoms with Crippen LogP contribution in [0.1, 0.15) is 38.2 Å². The molecule has 2 aromatic carbocycles. The van der Waals surface area contributed by atoms with Gasteiger partial charge in [-0.2, -0.15) is 0 Å². The second kappa shape index (κ2) is 8.05. The monoisotopic (exact) mass is 449 g/mol. The maximum atomic E-state index is 11.5. The average Bonchev–Trinajstić information content (AvgIpc) is 3.41. The molecule has 0 spiro atoms. The molecule has 2 bridgehead atoms. The van der Waals surface area contributed by atoms with E-state index in [-0.39, 0.29) is 12.0 Å². The number of thiazole rings is 1. The highest BCUT2D eigenvalue weighted by molar-refractivity contribution is 7.20. The SMILES string of the molecule is CC(=O)NC1C[C@H]2CC[C@@H](C1)N2CC1Cc2cc(Oc3nc4ccccc4s3)ccc2O1. The lowest BCUT2D eigenvalue weighted by Crippen LogP contribution is -2.52. The van der Waals surface area contributed by atoms with Crippen molar-refractivity contribution in [1.29, 1.82) is 0 Å². The van der Waals surface area contributed by atoms with Crippen LogP contribution in [0.5, 0.6) is 16.7 Å². The van der Waals surface area contributed by atoms with Gasteiger partial charge in [-0.25, -0.2) is 4.98 Å². The van der Waals surface area contributed by atoms with Crippen LogP contribution in [-0.4, -0.2) is 46.6 Å². The van der Waals surface area contributed by atoms with Gasteiger partial charge in [0.05, 0.1) is 10.2 Å². The van der Waals surface area contributed by atoms with E-state index >= 15 is 0 Å². The zero-order valence-corrected chi connectivity index (χ0v) is 18.9. The molecule has 1 amide bonds. The lowest BCUT2D eigenvalue weighted by Gasteiger charge is -2.40. The Morgan fingerprint density at radius 2 is 2.03 bits per heavy atom. The molecular formula is C25H27N3O3S. The molecule has 3 aliphatic heterocycles. The Morgan fingerprint density at radius 3 is 2.81 bits per heavy atom. The Hall–Kier alpha value is -2.64. The van der Waals surface area contributed by atoms with Crippen LogP contribution in [0.3, 0.4) is 0 Å². The molecule has 2 fully saturated rings. The highest BCUT2D eigenvalue weighted by Gasteiger charge is 2.42. The molecule has 1 aromatic heterocycles. The van der Waals surface area contributed by atoms with Crippen LogP contribution in [-0.2, 0) is 11.2 Å². The van der Waals surface area contributed by atoms with Crippen LogP contribution in [0, 0.1) is 0 Å². The molecule has 166 valence electrons. The highest BCUT2D eigenvalue weighted by Crippen LogP contribution is 2.39. The van der Waals surface area contributed by atoms with Crippen LogP contribution < -0.4 is 14.8 Å². The maximum Gasteiger partial charge on any atom is 0.279 e. The molecule has 6 rings (SSSR count). The van der Waals surface area contributed by atoms with E-state index in [9.17, 15) is 4.79 Å². The summed E-state index contributed by atoms with van der Waals surface area (Å²) in [7, 11) is 0.